The van der Waals surface area contributed by atoms with E-state index in [1.165, 1.54) is 51.0 Å². The normalized spacial score (nSPS) is 23.6. The first-order valence-electron chi connectivity index (χ1n) is 7.77. The number of H-pyrrole nitrogens is 1. The lowest BCUT2D eigenvalue weighted by molar-refractivity contribution is 0.0329. The molecular formula is C15H26N4O. The van der Waals surface area contributed by atoms with Gasteiger partial charge in [-0.2, -0.15) is 5.10 Å². The van der Waals surface area contributed by atoms with Crippen molar-refractivity contribution in [1.29, 1.82) is 0 Å². The van der Waals surface area contributed by atoms with Crippen LogP contribution in [0.15, 0.2) is 12.3 Å². The van der Waals surface area contributed by atoms with Crippen LogP contribution in [0.1, 0.15) is 31.4 Å². The van der Waals surface area contributed by atoms with E-state index < -0.39 is 0 Å². The van der Waals surface area contributed by atoms with E-state index in [0.717, 1.165) is 19.7 Å². The van der Waals surface area contributed by atoms with E-state index in [1.54, 1.807) is 7.11 Å². The van der Waals surface area contributed by atoms with Crippen LogP contribution in [0.25, 0.3) is 0 Å². The molecule has 1 N–H and O–H groups in total. The maximum Gasteiger partial charge on any atom is 0.0589 e. The Kier molecular flexibility index (Phi) is 4.38. The predicted octanol–water partition coefficient (Wildman–Crippen LogP) is 1.49. The maximum atomic E-state index is 5.27. The maximum absolute atomic E-state index is 5.27. The molecule has 20 heavy (non-hydrogen) atoms. The molecule has 2 saturated heterocycles. The Morgan fingerprint density at radius 1 is 1.30 bits per heavy atom. The molecule has 0 radical (unpaired) electrons. The van der Waals surface area contributed by atoms with Crippen LogP contribution in [0.5, 0.6) is 0 Å². The van der Waals surface area contributed by atoms with Crippen LogP contribution < -0.4 is 0 Å². The minimum absolute atomic E-state index is 0.461. The van der Waals surface area contributed by atoms with E-state index >= 15 is 0 Å². The quantitative estimate of drug-likeness (QED) is 0.886. The third kappa shape index (κ3) is 2.90. The third-order valence-corrected chi connectivity index (χ3v) is 5.05. The standard InChI is InChI=1S/C15H26N4O/c1-20-12-11-19-8-2-4-15(19)5-9-18(10-6-15)13-14-3-7-16-17-14/h3,7H,2,4-6,8-13H2,1H3,(H,16,17). The first-order valence-corrected chi connectivity index (χ1v) is 7.77. The van der Waals surface area contributed by atoms with Crippen LogP contribution in [0, 0.1) is 0 Å². The molecule has 0 bridgehead atoms. The molecule has 2 aliphatic heterocycles. The van der Waals surface area contributed by atoms with Crippen LogP contribution in [-0.2, 0) is 11.3 Å². The van der Waals surface area contributed by atoms with Crippen LogP contribution in [-0.4, -0.2) is 65.4 Å². The topological polar surface area (TPSA) is 44.4 Å². The number of hydrogen-bond donors (Lipinski definition) is 1. The van der Waals surface area contributed by atoms with Crippen LogP contribution in [0.3, 0.4) is 0 Å². The summed E-state index contributed by atoms with van der Waals surface area (Å²) in [6, 6.07) is 2.07. The van der Waals surface area contributed by atoms with Gasteiger partial charge in [-0.3, -0.25) is 14.9 Å². The van der Waals surface area contributed by atoms with Gasteiger partial charge in [0, 0.05) is 50.7 Å². The fourth-order valence-corrected chi connectivity index (χ4v) is 3.85. The van der Waals surface area contributed by atoms with E-state index in [-0.39, 0.29) is 0 Å². The van der Waals surface area contributed by atoms with Crippen molar-refractivity contribution in [3.8, 4) is 0 Å². The van der Waals surface area contributed by atoms with Gasteiger partial charge in [-0.1, -0.05) is 0 Å². The average Bonchev–Trinajstić information content (AvgIpc) is 3.10. The predicted molar refractivity (Wildman–Crippen MR) is 78.5 cm³/mol. The molecular weight excluding hydrogens is 252 g/mol. The van der Waals surface area contributed by atoms with Gasteiger partial charge in [0.25, 0.3) is 0 Å². The number of likely N-dealkylation sites (tertiary alicyclic amines) is 2. The van der Waals surface area contributed by atoms with Crippen molar-refractivity contribution in [3.63, 3.8) is 0 Å². The first kappa shape index (κ1) is 14.0. The number of aromatic nitrogens is 2. The molecule has 0 unspecified atom stereocenters. The van der Waals surface area contributed by atoms with Crippen molar-refractivity contribution in [2.24, 2.45) is 0 Å². The molecule has 1 aromatic heterocycles. The number of aromatic amines is 1. The highest BCUT2D eigenvalue weighted by Gasteiger charge is 2.42. The van der Waals surface area contributed by atoms with Gasteiger partial charge in [-0.25, -0.2) is 0 Å². The largest absolute Gasteiger partial charge is 0.383 e. The third-order valence-electron chi connectivity index (χ3n) is 5.05. The van der Waals surface area contributed by atoms with Crippen LogP contribution >= 0.6 is 0 Å². The molecule has 1 spiro atoms. The van der Waals surface area contributed by atoms with Gasteiger partial charge < -0.3 is 4.74 Å². The lowest BCUT2D eigenvalue weighted by Crippen LogP contribution is -2.52. The van der Waals surface area contributed by atoms with Crippen molar-refractivity contribution in [2.45, 2.75) is 37.8 Å². The van der Waals surface area contributed by atoms with Crippen LogP contribution in [0.2, 0.25) is 0 Å². The Labute approximate surface area is 121 Å². The Bertz CT molecular complexity index is 398. The van der Waals surface area contributed by atoms with Crippen molar-refractivity contribution in [3.05, 3.63) is 18.0 Å². The van der Waals surface area contributed by atoms with Gasteiger partial charge in [0.2, 0.25) is 0 Å². The molecule has 2 aliphatic rings. The summed E-state index contributed by atoms with van der Waals surface area (Å²) in [5.74, 6) is 0. The second-order valence-corrected chi connectivity index (χ2v) is 6.17. The zero-order chi connectivity index (χ0) is 13.8. The van der Waals surface area contributed by atoms with E-state index in [1.807, 2.05) is 6.20 Å². The number of nitrogens with one attached hydrogen (secondary N) is 1. The monoisotopic (exact) mass is 278 g/mol. The first-order chi connectivity index (χ1) is 9.82. The second kappa shape index (κ2) is 6.24. The molecule has 0 aromatic carbocycles. The Morgan fingerprint density at radius 3 is 2.85 bits per heavy atom. The lowest BCUT2D eigenvalue weighted by atomic mass is 9.85. The minimum atomic E-state index is 0.461. The smallest absolute Gasteiger partial charge is 0.0589 e. The summed E-state index contributed by atoms with van der Waals surface area (Å²) in [5.41, 5.74) is 1.69. The highest BCUT2D eigenvalue weighted by molar-refractivity contribution is 5.02. The van der Waals surface area contributed by atoms with Gasteiger partial charge in [-0.15, -0.1) is 0 Å². The average molecular weight is 278 g/mol. The van der Waals surface area contributed by atoms with E-state index in [0.29, 0.717) is 5.54 Å². The molecule has 0 amide bonds. The van der Waals surface area contributed by atoms with Crippen LogP contribution in [0.4, 0.5) is 0 Å². The summed E-state index contributed by atoms with van der Waals surface area (Å²) in [4.78, 5) is 5.23. The van der Waals surface area contributed by atoms with Gasteiger partial charge in [0.05, 0.1) is 6.61 Å². The minimum Gasteiger partial charge on any atom is -0.383 e. The molecule has 0 aliphatic carbocycles. The van der Waals surface area contributed by atoms with Gasteiger partial charge in [-0.05, 0) is 38.3 Å². The summed E-state index contributed by atoms with van der Waals surface area (Å²) in [6.45, 7) is 6.61. The van der Waals surface area contributed by atoms with E-state index in [9.17, 15) is 0 Å². The summed E-state index contributed by atoms with van der Waals surface area (Å²) in [5, 5.41) is 7.09. The fourth-order valence-electron chi connectivity index (χ4n) is 3.85. The summed E-state index contributed by atoms with van der Waals surface area (Å²) in [7, 11) is 1.80. The highest BCUT2D eigenvalue weighted by Crippen LogP contribution is 2.38. The molecule has 0 saturated carbocycles. The van der Waals surface area contributed by atoms with Gasteiger partial charge >= 0.3 is 0 Å². The zero-order valence-corrected chi connectivity index (χ0v) is 12.5. The van der Waals surface area contributed by atoms with Crippen molar-refractivity contribution in [1.82, 2.24) is 20.0 Å². The molecule has 3 heterocycles. The van der Waals surface area contributed by atoms with Crippen molar-refractivity contribution in [2.75, 3.05) is 39.9 Å². The highest BCUT2D eigenvalue weighted by atomic mass is 16.5. The Morgan fingerprint density at radius 2 is 2.15 bits per heavy atom. The van der Waals surface area contributed by atoms with Crippen molar-refractivity contribution >= 4 is 0 Å². The second-order valence-electron chi connectivity index (χ2n) is 6.17. The number of nitrogens with zero attached hydrogens (tertiary/aromatic N) is 3. The molecule has 2 fully saturated rings. The zero-order valence-electron chi connectivity index (χ0n) is 12.5. The molecule has 5 nitrogen and oxygen atoms in total. The number of rotatable bonds is 5. The molecule has 3 rings (SSSR count). The Balaban J connectivity index is 1.54. The Hall–Kier alpha value is -0.910. The fraction of sp³-hybridized carbons (Fsp3) is 0.800. The van der Waals surface area contributed by atoms with Gasteiger partial charge in [0.15, 0.2) is 0 Å². The molecule has 1 aromatic rings. The SMILES string of the molecule is COCCN1CCCC12CCN(Cc1ccn[nH]1)CC2. The molecule has 5 heteroatoms. The van der Waals surface area contributed by atoms with Crippen molar-refractivity contribution < 1.29 is 4.74 Å². The number of piperidine rings is 1. The van der Waals surface area contributed by atoms with E-state index in [4.69, 9.17) is 4.74 Å². The molecule has 112 valence electrons. The summed E-state index contributed by atoms with van der Waals surface area (Å²) >= 11 is 0. The number of ether oxygens (including phenoxy) is 1. The molecule has 0 atom stereocenters. The summed E-state index contributed by atoms with van der Waals surface area (Å²) in [6.07, 6.45) is 7.15. The number of hydrogen-bond acceptors (Lipinski definition) is 4. The number of methoxy groups -OCH3 is 1. The lowest BCUT2D eigenvalue weighted by Gasteiger charge is -2.45. The van der Waals surface area contributed by atoms with E-state index in [2.05, 4.69) is 26.1 Å². The van der Waals surface area contributed by atoms with Gasteiger partial charge in [0.1, 0.15) is 0 Å². The summed E-state index contributed by atoms with van der Waals surface area (Å²) < 4.78 is 5.27.